The molecule has 0 aliphatic carbocycles. The molecule has 0 spiro atoms. The molecule has 10 heteroatoms. The number of pyridine rings is 1. The van der Waals surface area contributed by atoms with Crippen molar-refractivity contribution >= 4 is 10.0 Å². The van der Waals surface area contributed by atoms with Crippen molar-refractivity contribution in [2.24, 2.45) is 7.05 Å². The first-order valence-corrected chi connectivity index (χ1v) is 9.25. The Balaban J connectivity index is 1.85. The summed E-state index contributed by atoms with van der Waals surface area (Å²) in [5, 5.41) is 4.05. The number of aromatic nitrogens is 3. The molecule has 0 saturated carbocycles. The quantitative estimate of drug-likeness (QED) is 0.719. The topological polar surface area (TPSA) is 76.9 Å². The fourth-order valence-corrected chi connectivity index (χ4v) is 3.53. The molecule has 0 aliphatic rings. The second kappa shape index (κ2) is 7.12. The van der Waals surface area contributed by atoms with Gasteiger partial charge in [0.1, 0.15) is 0 Å². The lowest BCUT2D eigenvalue weighted by Crippen LogP contribution is -2.24. The molecule has 142 valence electrons. The Hall–Kier alpha value is -2.72. The van der Waals surface area contributed by atoms with E-state index in [9.17, 15) is 21.6 Å². The molecule has 0 fully saturated rings. The molecule has 0 saturated heterocycles. The zero-order chi connectivity index (χ0) is 19.7. The first-order chi connectivity index (χ1) is 12.7. The highest BCUT2D eigenvalue weighted by Crippen LogP contribution is 2.30. The number of nitrogens with one attached hydrogen (secondary N) is 1. The Morgan fingerprint density at radius 2 is 1.96 bits per heavy atom. The Labute approximate surface area is 153 Å². The molecule has 1 N–H and O–H groups in total. The van der Waals surface area contributed by atoms with E-state index in [1.165, 1.54) is 0 Å². The maximum Gasteiger partial charge on any atom is 0.416 e. The molecule has 0 radical (unpaired) electrons. The fraction of sp³-hybridized carbons (Fsp3) is 0.176. The second-order valence-electron chi connectivity index (χ2n) is 5.76. The Morgan fingerprint density at radius 1 is 1.19 bits per heavy atom. The van der Waals surface area contributed by atoms with Crippen molar-refractivity contribution in [3.63, 3.8) is 0 Å². The van der Waals surface area contributed by atoms with Crippen molar-refractivity contribution in [1.29, 1.82) is 0 Å². The third kappa shape index (κ3) is 4.34. The first-order valence-electron chi connectivity index (χ1n) is 7.77. The van der Waals surface area contributed by atoms with Gasteiger partial charge in [0.2, 0.25) is 10.0 Å². The summed E-state index contributed by atoms with van der Waals surface area (Å²) in [6.07, 6.45) is 0.260. The summed E-state index contributed by atoms with van der Waals surface area (Å²) in [4.78, 5) is 3.79. The van der Waals surface area contributed by atoms with Gasteiger partial charge in [0.15, 0.2) is 0 Å². The predicted molar refractivity (Wildman–Crippen MR) is 91.9 cm³/mol. The molecule has 6 nitrogen and oxygen atoms in total. The molecule has 0 bridgehead atoms. The third-order valence-electron chi connectivity index (χ3n) is 3.79. The van der Waals surface area contributed by atoms with Crippen LogP contribution in [-0.4, -0.2) is 23.2 Å². The second-order valence-corrected chi connectivity index (χ2v) is 7.53. The van der Waals surface area contributed by atoms with E-state index in [1.54, 1.807) is 42.5 Å². The van der Waals surface area contributed by atoms with Crippen molar-refractivity contribution in [3.8, 4) is 11.3 Å². The maximum absolute atomic E-state index is 12.8. The normalized spacial score (nSPS) is 12.3. The van der Waals surface area contributed by atoms with Gasteiger partial charge in [0.05, 0.1) is 22.3 Å². The number of rotatable bonds is 5. The van der Waals surface area contributed by atoms with E-state index in [4.69, 9.17) is 0 Å². The zero-order valence-corrected chi connectivity index (χ0v) is 14.9. The SMILES string of the molecule is Cn1cc(-c2ncccc2CNS(=O)(=O)c2cccc(C(F)(F)F)c2)cn1. The molecule has 1 aromatic carbocycles. The summed E-state index contributed by atoms with van der Waals surface area (Å²) in [6, 6.07) is 6.93. The van der Waals surface area contributed by atoms with Crippen molar-refractivity contribution in [2.75, 3.05) is 0 Å². The van der Waals surface area contributed by atoms with E-state index in [0.717, 1.165) is 18.2 Å². The molecule has 0 unspecified atom stereocenters. The summed E-state index contributed by atoms with van der Waals surface area (Å²) >= 11 is 0. The van der Waals surface area contributed by atoms with E-state index >= 15 is 0 Å². The minimum absolute atomic E-state index is 0.128. The molecule has 27 heavy (non-hydrogen) atoms. The van der Waals surface area contributed by atoms with Gasteiger partial charge in [0, 0.05) is 31.5 Å². The van der Waals surface area contributed by atoms with E-state index in [0.29, 0.717) is 22.9 Å². The van der Waals surface area contributed by atoms with Gasteiger partial charge in [-0.05, 0) is 29.8 Å². The largest absolute Gasteiger partial charge is 0.416 e. The number of alkyl halides is 3. The van der Waals surface area contributed by atoms with Gasteiger partial charge in [-0.3, -0.25) is 9.67 Å². The minimum Gasteiger partial charge on any atom is -0.275 e. The number of hydrogen-bond acceptors (Lipinski definition) is 4. The lowest BCUT2D eigenvalue weighted by molar-refractivity contribution is -0.137. The number of halogens is 3. The van der Waals surface area contributed by atoms with Crippen LogP contribution < -0.4 is 4.72 Å². The van der Waals surface area contributed by atoms with Gasteiger partial charge in [-0.2, -0.15) is 18.3 Å². The van der Waals surface area contributed by atoms with Crippen molar-refractivity contribution in [2.45, 2.75) is 17.6 Å². The van der Waals surface area contributed by atoms with Gasteiger partial charge < -0.3 is 0 Å². The standard InChI is InChI=1S/C17H15F3N4O2S/c1-24-11-13(9-22-24)16-12(4-3-7-21-16)10-23-27(25,26)15-6-2-5-14(8-15)17(18,19)20/h2-9,11,23H,10H2,1H3. The van der Waals surface area contributed by atoms with E-state index in [-0.39, 0.29) is 6.54 Å². The van der Waals surface area contributed by atoms with Crippen molar-refractivity contribution in [1.82, 2.24) is 19.5 Å². The highest BCUT2D eigenvalue weighted by molar-refractivity contribution is 7.89. The van der Waals surface area contributed by atoms with E-state index in [2.05, 4.69) is 14.8 Å². The van der Waals surface area contributed by atoms with Crippen LogP contribution in [-0.2, 0) is 29.8 Å². The molecule has 0 amide bonds. The molecular weight excluding hydrogens is 381 g/mol. The molecular formula is C17H15F3N4O2S. The molecule has 3 rings (SSSR count). The molecule has 2 heterocycles. The van der Waals surface area contributed by atoms with Crippen LogP contribution in [0.25, 0.3) is 11.3 Å². The average Bonchev–Trinajstić information content (AvgIpc) is 3.06. The number of nitrogens with zero attached hydrogens (tertiary/aromatic N) is 3. The summed E-state index contributed by atoms with van der Waals surface area (Å²) in [6.45, 7) is -0.128. The monoisotopic (exact) mass is 396 g/mol. The van der Waals surface area contributed by atoms with Gasteiger partial charge in [-0.25, -0.2) is 13.1 Å². The van der Waals surface area contributed by atoms with Gasteiger partial charge in [0.25, 0.3) is 0 Å². The lowest BCUT2D eigenvalue weighted by atomic mass is 10.1. The van der Waals surface area contributed by atoms with Crippen LogP contribution in [0.5, 0.6) is 0 Å². The van der Waals surface area contributed by atoms with Crippen LogP contribution in [0.4, 0.5) is 13.2 Å². The fourth-order valence-electron chi connectivity index (χ4n) is 2.48. The van der Waals surface area contributed by atoms with Crippen LogP contribution in [0.2, 0.25) is 0 Å². The van der Waals surface area contributed by atoms with E-state index in [1.807, 2.05) is 0 Å². The zero-order valence-electron chi connectivity index (χ0n) is 14.1. The summed E-state index contributed by atoms with van der Waals surface area (Å²) < 4.78 is 67.2. The lowest BCUT2D eigenvalue weighted by Gasteiger charge is -2.11. The first kappa shape index (κ1) is 19.1. The Bertz CT molecular complexity index is 1060. The van der Waals surface area contributed by atoms with Crippen molar-refractivity contribution in [3.05, 3.63) is 66.1 Å². The van der Waals surface area contributed by atoms with Crippen molar-refractivity contribution < 1.29 is 21.6 Å². The van der Waals surface area contributed by atoms with Crippen LogP contribution in [0.3, 0.4) is 0 Å². The van der Waals surface area contributed by atoms with Crippen LogP contribution in [0, 0.1) is 0 Å². The van der Waals surface area contributed by atoms with Crippen LogP contribution in [0.15, 0.2) is 59.9 Å². The van der Waals surface area contributed by atoms with E-state index < -0.39 is 26.7 Å². The molecule has 3 aromatic rings. The number of sulfonamides is 1. The third-order valence-corrected chi connectivity index (χ3v) is 5.19. The van der Waals surface area contributed by atoms with Crippen LogP contribution >= 0.6 is 0 Å². The molecule has 0 aliphatic heterocycles. The maximum atomic E-state index is 12.8. The number of aryl methyl sites for hydroxylation is 1. The molecule has 0 atom stereocenters. The van der Waals surface area contributed by atoms with Gasteiger partial charge in [-0.15, -0.1) is 0 Å². The highest BCUT2D eigenvalue weighted by Gasteiger charge is 2.31. The minimum atomic E-state index is -4.62. The van der Waals surface area contributed by atoms with Gasteiger partial charge in [-0.1, -0.05) is 12.1 Å². The average molecular weight is 396 g/mol. The highest BCUT2D eigenvalue weighted by atomic mass is 32.2. The number of hydrogen-bond donors (Lipinski definition) is 1. The molecule has 2 aromatic heterocycles. The summed E-state index contributed by atoms with van der Waals surface area (Å²) in [5.74, 6) is 0. The predicted octanol–water partition coefficient (Wildman–Crippen LogP) is 2.98. The summed E-state index contributed by atoms with van der Waals surface area (Å²) in [5.41, 5.74) is 0.785. The smallest absolute Gasteiger partial charge is 0.275 e. The summed E-state index contributed by atoms with van der Waals surface area (Å²) in [7, 11) is -2.40. The Morgan fingerprint density at radius 3 is 2.63 bits per heavy atom. The number of benzene rings is 1. The van der Waals surface area contributed by atoms with Gasteiger partial charge >= 0.3 is 6.18 Å². The Kier molecular flexibility index (Phi) is 5.03. The van der Waals surface area contributed by atoms with Crippen LogP contribution in [0.1, 0.15) is 11.1 Å².